The molecule has 176 valence electrons. The van der Waals surface area contributed by atoms with E-state index < -0.39 is 0 Å². The van der Waals surface area contributed by atoms with Gasteiger partial charge in [-0.1, -0.05) is 18.1 Å². The minimum Gasteiger partial charge on any atom is -0.340 e. The number of nitrogens with one attached hydrogen (secondary N) is 2. The number of likely N-dealkylation sites (N-methyl/N-ethyl adjacent to an activating group) is 1. The molecule has 2 N–H and O–H groups in total. The van der Waals surface area contributed by atoms with Crippen molar-refractivity contribution < 1.29 is 4.79 Å². The maximum absolute atomic E-state index is 12.1. The highest BCUT2D eigenvalue weighted by Gasteiger charge is 2.13. The molecule has 7 nitrogen and oxygen atoms in total. The molecule has 0 spiro atoms. The van der Waals surface area contributed by atoms with Crippen LogP contribution in [-0.2, 0) is 6.42 Å². The zero-order valence-corrected chi connectivity index (χ0v) is 20.3. The molecule has 0 saturated carbocycles. The summed E-state index contributed by atoms with van der Waals surface area (Å²) in [4.78, 5) is 27.6. The van der Waals surface area contributed by atoms with Crippen LogP contribution >= 0.6 is 11.3 Å². The molecule has 0 bridgehead atoms. The van der Waals surface area contributed by atoms with E-state index in [1.54, 1.807) is 12.3 Å². The molecule has 1 saturated heterocycles. The summed E-state index contributed by atoms with van der Waals surface area (Å²) in [7, 11) is 2.19. The van der Waals surface area contributed by atoms with Crippen molar-refractivity contribution in [2.45, 2.75) is 12.8 Å². The van der Waals surface area contributed by atoms with Gasteiger partial charge >= 0.3 is 0 Å². The van der Waals surface area contributed by atoms with E-state index in [-0.39, 0.29) is 12.5 Å². The summed E-state index contributed by atoms with van der Waals surface area (Å²) in [5.74, 6) is 2.76. The van der Waals surface area contributed by atoms with E-state index in [2.05, 4.69) is 61.6 Å². The van der Waals surface area contributed by atoms with Gasteiger partial charge in [-0.05, 0) is 62.3 Å². The fraction of sp³-hybridized carbons (Fsp3) is 0.346. The Balaban J connectivity index is 1.34. The first-order valence-electron chi connectivity index (χ1n) is 11.5. The number of nitrogens with zero attached hydrogens (tertiary/aromatic N) is 4. The quantitative estimate of drug-likeness (QED) is 0.463. The number of terminal acetylenes is 1. The fourth-order valence-corrected chi connectivity index (χ4v) is 4.78. The van der Waals surface area contributed by atoms with Crippen molar-refractivity contribution in [3.63, 3.8) is 0 Å². The van der Waals surface area contributed by atoms with Crippen LogP contribution in [0.3, 0.4) is 0 Å². The predicted octanol–water partition coefficient (Wildman–Crippen LogP) is 3.49. The molecular formula is C26H30N6OS. The van der Waals surface area contributed by atoms with Crippen molar-refractivity contribution in [3.8, 4) is 22.9 Å². The molecule has 1 aliphatic rings. The topological polar surface area (TPSA) is 73.4 Å². The number of carbonyl (C=O) groups excluding carboxylic acids is 1. The van der Waals surface area contributed by atoms with Gasteiger partial charge in [-0.15, -0.1) is 17.8 Å². The van der Waals surface area contributed by atoms with Gasteiger partial charge in [0.25, 0.3) is 5.91 Å². The molecule has 2 aromatic heterocycles. The Kier molecular flexibility index (Phi) is 8.26. The number of hydrogen-bond donors (Lipinski definition) is 2. The zero-order valence-electron chi connectivity index (χ0n) is 19.5. The smallest absolute Gasteiger partial charge is 0.262 e. The Morgan fingerprint density at radius 2 is 2.03 bits per heavy atom. The molecule has 8 heteroatoms. The van der Waals surface area contributed by atoms with Crippen LogP contribution < -0.4 is 10.6 Å². The number of aromatic nitrogens is 2. The second kappa shape index (κ2) is 11.7. The fourth-order valence-electron chi connectivity index (χ4n) is 3.88. The van der Waals surface area contributed by atoms with Gasteiger partial charge in [-0.3, -0.25) is 4.79 Å². The summed E-state index contributed by atoms with van der Waals surface area (Å²) in [5.41, 5.74) is 3.03. The van der Waals surface area contributed by atoms with E-state index in [1.807, 2.05) is 18.2 Å². The van der Waals surface area contributed by atoms with Crippen molar-refractivity contribution >= 4 is 28.9 Å². The molecule has 0 radical (unpaired) electrons. The second-order valence-corrected chi connectivity index (χ2v) is 9.47. The van der Waals surface area contributed by atoms with Crippen LogP contribution in [0.4, 0.5) is 11.6 Å². The molecule has 3 aromatic rings. The van der Waals surface area contributed by atoms with E-state index in [0.29, 0.717) is 10.8 Å². The average Bonchev–Trinajstić information content (AvgIpc) is 3.35. The summed E-state index contributed by atoms with van der Waals surface area (Å²) in [6.07, 6.45) is 9.13. The van der Waals surface area contributed by atoms with E-state index in [0.717, 1.165) is 61.8 Å². The molecule has 1 aromatic carbocycles. The van der Waals surface area contributed by atoms with Crippen LogP contribution in [0, 0.1) is 12.3 Å². The number of anilines is 2. The largest absolute Gasteiger partial charge is 0.340 e. The average molecular weight is 475 g/mol. The van der Waals surface area contributed by atoms with Crippen LogP contribution in [0.25, 0.3) is 10.6 Å². The Morgan fingerprint density at radius 1 is 1.18 bits per heavy atom. The van der Waals surface area contributed by atoms with Gasteiger partial charge in [0.15, 0.2) is 0 Å². The SMILES string of the molecule is C#CCNC(=O)c1ccc(-c2ccnc(Nc3cccc(CCCN4CCN(C)CC4)c3)n2)s1. The van der Waals surface area contributed by atoms with Crippen molar-refractivity contribution in [1.82, 2.24) is 25.1 Å². The molecule has 1 fully saturated rings. The molecule has 3 heterocycles. The van der Waals surface area contributed by atoms with Crippen LogP contribution in [-0.4, -0.2) is 72.0 Å². The number of amides is 1. The molecule has 1 amide bonds. The van der Waals surface area contributed by atoms with E-state index >= 15 is 0 Å². The van der Waals surface area contributed by atoms with Gasteiger partial charge < -0.3 is 20.4 Å². The summed E-state index contributed by atoms with van der Waals surface area (Å²) < 4.78 is 0. The summed E-state index contributed by atoms with van der Waals surface area (Å²) >= 11 is 1.38. The van der Waals surface area contributed by atoms with E-state index in [4.69, 9.17) is 6.42 Å². The van der Waals surface area contributed by atoms with E-state index in [1.165, 1.54) is 16.9 Å². The Morgan fingerprint density at radius 3 is 2.85 bits per heavy atom. The van der Waals surface area contributed by atoms with Gasteiger partial charge in [0.1, 0.15) is 0 Å². The standard InChI is InChI=1S/C26H30N6OS/c1-3-12-27-25(33)24-10-9-23(34-24)22-11-13-28-26(30-22)29-21-8-4-6-20(19-21)7-5-14-32-17-15-31(2)16-18-32/h1,4,6,8-11,13,19H,5,7,12,14-18H2,2H3,(H,27,33)(H,28,29,30). The Hall–Kier alpha value is -3.25. The maximum Gasteiger partial charge on any atom is 0.262 e. The van der Waals surface area contributed by atoms with Gasteiger partial charge in [0.05, 0.1) is 22.0 Å². The Bertz CT molecular complexity index is 1150. The number of carbonyl (C=O) groups is 1. The lowest BCUT2D eigenvalue weighted by Gasteiger charge is -2.32. The normalized spacial score (nSPS) is 14.5. The number of benzene rings is 1. The highest BCUT2D eigenvalue weighted by molar-refractivity contribution is 7.17. The summed E-state index contributed by atoms with van der Waals surface area (Å²) in [6.45, 7) is 5.98. The Labute approximate surface area is 205 Å². The molecule has 34 heavy (non-hydrogen) atoms. The third-order valence-electron chi connectivity index (χ3n) is 5.81. The second-order valence-electron chi connectivity index (χ2n) is 8.39. The first kappa shape index (κ1) is 23.9. The van der Waals surface area contributed by atoms with Crippen LogP contribution in [0.2, 0.25) is 0 Å². The first-order valence-corrected chi connectivity index (χ1v) is 12.3. The van der Waals surface area contributed by atoms with Gasteiger partial charge in [-0.2, -0.15) is 0 Å². The summed E-state index contributed by atoms with van der Waals surface area (Å²) in [5, 5.41) is 6.00. The number of aryl methyl sites for hydroxylation is 1. The van der Waals surface area contributed by atoms with Crippen LogP contribution in [0.15, 0.2) is 48.7 Å². The lowest BCUT2D eigenvalue weighted by Crippen LogP contribution is -2.44. The number of piperazine rings is 1. The molecule has 0 unspecified atom stereocenters. The van der Waals surface area contributed by atoms with E-state index in [9.17, 15) is 4.79 Å². The molecule has 0 atom stereocenters. The third-order valence-corrected chi connectivity index (χ3v) is 6.91. The van der Waals surface area contributed by atoms with Crippen molar-refractivity contribution in [1.29, 1.82) is 0 Å². The highest BCUT2D eigenvalue weighted by atomic mass is 32.1. The number of hydrogen-bond acceptors (Lipinski definition) is 7. The maximum atomic E-state index is 12.1. The zero-order chi connectivity index (χ0) is 23.8. The number of rotatable bonds is 9. The first-order chi connectivity index (χ1) is 16.6. The highest BCUT2D eigenvalue weighted by Crippen LogP contribution is 2.27. The van der Waals surface area contributed by atoms with Gasteiger partial charge in [0, 0.05) is 38.1 Å². The summed E-state index contributed by atoms with van der Waals surface area (Å²) in [6, 6.07) is 13.9. The van der Waals surface area contributed by atoms with Gasteiger partial charge in [-0.25, -0.2) is 9.97 Å². The molecular weight excluding hydrogens is 444 g/mol. The van der Waals surface area contributed by atoms with Gasteiger partial charge in [0.2, 0.25) is 5.95 Å². The lowest BCUT2D eigenvalue weighted by atomic mass is 10.1. The molecule has 4 rings (SSSR count). The van der Waals surface area contributed by atoms with Crippen molar-refractivity contribution in [2.24, 2.45) is 0 Å². The number of thiophene rings is 1. The van der Waals surface area contributed by atoms with Crippen LogP contribution in [0.5, 0.6) is 0 Å². The van der Waals surface area contributed by atoms with Crippen LogP contribution in [0.1, 0.15) is 21.7 Å². The van der Waals surface area contributed by atoms with Crippen molar-refractivity contribution in [2.75, 3.05) is 51.6 Å². The third kappa shape index (κ3) is 6.64. The monoisotopic (exact) mass is 474 g/mol. The van der Waals surface area contributed by atoms with Crippen molar-refractivity contribution in [3.05, 3.63) is 59.1 Å². The molecule has 1 aliphatic heterocycles. The minimum atomic E-state index is -0.175. The molecule has 0 aliphatic carbocycles. The lowest BCUT2D eigenvalue weighted by molar-refractivity contribution is 0.0962. The minimum absolute atomic E-state index is 0.175. The predicted molar refractivity (Wildman–Crippen MR) is 138 cm³/mol.